The maximum atomic E-state index is 12.1. The molecule has 108 valence electrons. The van der Waals surface area contributed by atoms with Gasteiger partial charge in [0.2, 0.25) is 5.91 Å². The molecule has 1 N–H and O–H groups in total. The summed E-state index contributed by atoms with van der Waals surface area (Å²) >= 11 is 0. The number of hydrogen-bond donors (Lipinski definition) is 1. The lowest BCUT2D eigenvalue weighted by Gasteiger charge is -2.10. The number of carbonyl (C=O) groups excluding carboxylic acids is 1. The highest BCUT2D eigenvalue weighted by molar-refractivity contribution is 5.82. The molecule has 0 spiro atoms. The molecule has 20 heavy (non-hydrogen) atoms. The van der Waals surface area contributed by atoms with E-state index in [9.17, 15) is 4.79 Å². The van der Waals surface area contributed by atoms with Crippen LogP contribution in [0.1, 0.15) is 30.7 Å². The Balaban J connectivity index is 1.48. The van der Waals surface area contributed by atoms with Gasteiger partial charge >= 0.3 is 0 Å². The van der Waals surface area contributed by atoms with Crippen LogP contribution in [0, 0.1) is 5.92 Å². The van der Waals surface area contributed by atoms with Crippen LogP contribution in [-0.2, 0) is 9.53 Å². The Kier molecular flexibility index (Phi) is 3.92. The molecule has 3 atom stereocenters. The van der Waals surface area contributed by atoms with Crippen LogP contribution in [0.15, 0.2) is 24.3 Å². The third-order valence-electron chi connectivity index (χ3n) is 4.20. The number of amides is 1. The van der Waals surface area contributed by atoms with E-state index in [0.717, 1.165) is 31.6 Å². The maximum absolute atomic E-state index is 12.1. The first kappa shape index (κ1) is 13.4. The molecule has 4 heteroatoms. The van der Waals surface area contributed by atoms with Crippen molar-refractivity contribution in [3.05, 3.63) is 29.8 Å². The van der Waals surface area contributed by atoms with Gasteiger partial charge in [0.25, 0.3) is 0 Å². The van der Waals surface area contributed by atoms with E-state index in [1.807, 2.05) is 12.1 Å². The van der Waals surface area contributed by atoms with E-state index in [0.29, 0.717) is 12.5 Å². The second-order valence-electron chi connectivity index (χ2n) is 5.60. The Bertz CT molecular complexity index is 465. The van der Waals surface area contributed by atoms with Crippen molar-refractivity contribution < 1.29 is 14.3 Å². The summed E-state index contributed by atoms with van der Waals surface area (Å²) in [6, 6.07) is 8.01. The van der Waals surface area contributed by atoms with Crippen molar-refractivity contribution in [1.29, 1.82) is 0 Å². The van der Waals surface area contributed by atoms with E-state index in [1.54, 1.807) is 7.11 Å². The van der Waals surface area contributed by atoms with Crippen molar-refractivity contribution in [1.82, 2.24) is 5.32 Å². The first-order valence-corrected chi connectivity index (χ1v) is 7.31. The molecule has 1 aliphatic carbocycles. The van der Waals surface area contributed by atoms with Gasteiger partial charge in [0.05, 0.1) is 13.2 Å². The van der Waals surface area contributed by atoms with Crippen molar-refractivity contribution in [2.75, 3.05) is 20.3 Å². The Morgan fingerprint density at radius 3 is 2.85 bits per heavy atom. The van der Waals surface area contributed by atoms with Crippen LogP contribution in [-0.4, -0.2) is 32.3 Å². The SMILES string of the molecule is COc1ccc(C2CC2C(=O)NCC2CCCO2)cc1. The van der Waals surface area contributed by atoms with Crippen LogP contribution in [0.25, 0.3) is 0 Å². The average molecular weight is 275 g/mol. The summed E-state index contributed by atoms with van der Waals surface area (Å²) < 4.78 is 10.7. The van der Waals surface area contributed by atoms with Gasteiger partial charge < -0.3 is 14.8 Å². The van der Waals surface area contributed by atoms with Gasteiger partial charge in [-0.2, -0.15) is 0 Å². The molecule has 1 saturated carbocycles. The highest BCUT2D eigenvalue weighted by atomic mass is 16.5. The number of benzene rings is 1. The number of methoxy groups -OCH3 is 1. The van der Waals surface area contributed by atoms with Crippen molar-refractivity contribution in [2.24, 2.45) is 5.92 Å². The van der Waals surface area contributed by atoms with Crippen LogP contribution in [0.5, 0.6) is 5.75 Å². The van der Waals surface area contributed by atoms with Gasteiger partial charge in [-0.15, -0.1) is 0 Å². The molecule has 2 fully saturated rings. The second kappa shape index (κ2) is 5.83. The van der Waals surface area contributed by atoms with E-state index in [2.05, 4.69) is 17.4 Å². The summed E-state index contributed by atoms with van der Waals surface area (Å²) in [5.74, 6) is 1.52. The van der Waals surface area contributed by atoms with Crippen molar-refractivity contribution in [2.45, 2.75) is 31.3 Å². The quantitative estimate of drug-likeness (QED) is 0.895. The predicted molar refractivity (Wildman–Crippen MR) is 75.8 cm³/mol. The Labute approximate surface area is 119 Å². The molecule has 2 aliphatic rings. The van der Waals surface area contributed by atoms with Crippen molar-refractivity contribution in [3.8, 4) is 5.75 Å². The Morgan fingerprint density at radius 2 is 2.20 bits per heavy atom. The number of nitrogens with one attached hydrogen (secondary N) is 1. The molecule has 3 rings (SSSR count). The number of hydrogen-bond acceptors (Lipinski definition) is 3. The van der Waals surface area contributed by atoms with Gasteiger partial charge in [0.15, 0.2) is 0 Å². The van der Waals surface area contributed by atoms with E-state index in [1.165, 1.54) is 5.56 Å². The van der Waals surface area contributed by atoms with Gasteiger partial charge in [-0.05, 0) is 42.9 Å². The minimum atomic E-state index is 0.129. The monoisotopic (exact) mass is 275 g/mol. The number of carbonyl (C=O) groups is 1. The van der Waals surface area contributed by atoms with Crippen LogP contribution in [0.4, 0.5) is 0 Å². The minimum Gasteiger partial charge on any atom is -0.497 e. The lowest BCUT2D eigenvalue weighted by Crippen LogP contribution is -2.33. The highest BCUT2D eigenvalue weighted by Crippen LogP contribution is 2.47. The van der Waals surface area contributed by atoms with Gasteiger partial charge in [-0.3, -0.25) is 4.79 Å². The Hall–Kier alpha value is -1.55. The van der Waals surface area contributed by atoms with E-state index >= 15 is 0 Å². The molecular formula is C16H21NO3. The summed E-state index contributed by atoms with van der Waals surface area (Å²) in [5, 5.41) is 3.02. The lowest BCUT2D eigenvalue weighted by atomic mass is 10.1. The molecule has 3 unspecified atom stereocenters. The molecule has 0 bridgehead atoms. The first-order valence-electron chi connectivity index (χ1n) is 7.31. The zero-order valence-electron chi connectivity index (χ0n) is 11.8. The number of ether oxygens (including phenoxy) is 2. The molecule has 1 saturated heterocycles. The molecule has 0 radical (unpaired) electrons. The fourth-order valence-electron chi connectivity index (χ4n) is 2.86. The second-order valence-corrected chi connectivity index (χ2v) is 5.60. The van der Waals surface area contributed by atoms with Gasteiger partial charge in [0.1, 0.15) is 5.75 Å². The van der Waals surface area contributed by atoms with Gasteiger partial charge in [0, 0.05) is 19.1 Å². The third-order valence-corrected chi connectivity index (χ3v) is 4.20. The number of rotatable bonds is 5. The van der Waals surface area contributed by atoms with E-state index in [-0.39, 0.29) is 17.9 Å². The fourth-order valence-corrected chi connectivity index (χ4v) is 2.86. The minimum absolute atomic E-state index is 0.129. The summed E-state index contributed by atoms with van der Waals surface area (Å²) in [6.45, 7) is 1.49. The normalized spacial score (nSPS) is 28.1. The third kappa shape index (κ3) is 2.96. The van der Waals surface area contributed by atoms with Crippen LogP contribution >= 0.6 is 0 Å². The molecule has 1 heterocycles. The molecule has 1 amide bonds. The lowest BCUT2D eigenvalue weighted by molar-refractivity contribution is -0.122. The van der Waals surface area contributed by atoms with Gasteiger partial charge in [-0.1, -0.05) is 12.1 Å². The van der Waals surface area contributed by atoms with Crippen LogP contribution in [0.3, 0.4) is 0 Å². The fraction of sp³-hybridized carbons (Fsp3) is 0.562. The van der Waals surface area contributed by atoms with Crippen LogP contribution in [0.2, 0.25) is 0 Å². The van der Waals surface area contributed by atoms with Crippen molar-refractivity contribution >= 4 is 5.91 Å². The zero-order chi connectivity index (χ0) is 13.9. The molecular weight excluding hydrogens is 254 g/mol. The predicted octanol–water partition coefficient (Wildman–Crippen LogP) is 2.09. The molecule has 4 nitrogen and oxygen atoms in total. The maximum Gasteiger partial charge on any atom is 0.223 e. The molecule has 1 aromatic rings. The van der Waals surface area contributed by atoms with E-state index in [4.69, 9.17) is 9.47 Å². The average Bonchev–Trinajstić information content (AvgIpc) is 3.12. The standard InChI is InChI=1S/C16H21NO3/c1-19-12-6-4-11(5-7-12)14-9-15(14)16(18)17-10-13-3-2-8-20-13/h4-7,13-15H,2-3,8-10H2,1H3,(H,17,18). The first-order chi connectivity index (χ1) is 9.78. The highest BCUT2D eigenvalue weighted by Gasteiger charge is 2.43. The largest absolute Gasteiger partial charge is 0.497 e. The summed E-state index contributed by atoms with van der Waals surface area (Å²) in [7, 11) is 1.66. The smallest absolute Gasteiger partial charge is 0.223 e. The van der Waals surface area contributed by atoms with Gasteiger partial charge in [-0.25, -0.2) is 0 Å². The summed E-state index contributed by atoms with van der Waals surface area (Å²) in [6.07, 6.45) is 3.34. The topological polar surface area (TPSA) is 47.6 Å². The molecule has 1 aliphatic heterocycles. The summed E-state index contributed by atoms with van der Waals surface area (Å²) in [5.41, 5.74) is 1.23. The Morgan fingerprint density at radius 1 is 1.40 bits per heavy atom. The molecule has 0 aromatic heterocycles. The zero-order valence-corrected chi connectivity index (χ0v) is 11.8. The van der Waals surface area contributed by atoms with Crippen LogP contribution < -0.4 is 10.1 Å². The van der Waals surface area contributed by atoms with Crippen molar-refractivity contribution in [3.63, 3.8) is 0 Å². The van der Waals surface area contributed by atoms with E-state index < -0.39 is 0 Å². The molecule has 1 aromatic carbocycles. The summed E-state index contributed by atoms with van der Waals surface area (Å²) in [4.78, 5) is 12.1.